The summed E-state index contributed by atoms with van der Waals surface area (Å²) < 4.78 is 45.1. The monoisotopic (exact) mass is 602 g/mol. The maximum absolute atomic E-state index is 14.4. The molecule has 220 valence electrons. The summed E-state index contributed by atoms with van der Waals surface area (Å²) >= 11 is 1.26. The lowest BCUT2D eigenvalue weighted by Gasteiger charge is -2.27. The highest BCUT2D eigenvalue weighted by Gasteiger charge is 2.54. The molecule has 1 saturated carbocycles. The number of halogens is 1. The molecule has 1 amide bonds. The zero-order valence-corrected chi connectivity index (χ0v) is 25.6. The molecule has 12 heteroatoms. The van der Waals surface area contributed by atoms with Gasteiger partial charge in [0, 0.05) is 25.5 Å². The molecule has 1 aromatic carbocycles. The Kier molecular flexibility index (Phi) is 9.25. The van der Waals surface area contributed by atoms with Gasteiger partial charge in [0.15, 0.2) is 5.78 Å². The Morgan fingerprint density at radius 1 is 1.15 bits per heavy atom. The largest absolute Gasteiger partial charge is 0.495 e. The van der Waals surface area contributed by atoms with Gasteiger partial charge >= 0.3 is 0 Å². The van der Waals surface area contributed by atoms with Crippen molar-refractivity contribution in [1.29, 1.82) is 0 Å². The summed E-state index contributed by atoms with van der Waals surface area (Å²) in [5.74, 6) is -1.05. The summed E-state index contributed by atoms with van der Waals surface area (Å²) in [6.07, 6.45) is 3.87. The van der Waals surface area contributed by atoms with Crippen LogP contribution in [0.25, 0.3) is 0 Å². The average molecular weight is 603 g/mol. The van der Waals surface area contributed by atoms with Crippen molar-refractivity contribution < 1.29 is 27.1 Å². The van der Waals surface area contributed by atoms with Crippen LogP contribution in [0.15, 0.2) is 36.5 Å². The van der Waals surface area contributed by atoms with Crippen molar-refractivity contribution in [3.8, 4) is 5.75 Å². The number of methoxy groups -OCH3 is 1. The van der Waals surface area contributed by atoms with E-state index in [0.29, 0.717) is 59.1 Å². The molecule has 1 aliphatic carbocycles. The Hall–Kier alpha value is -3.22. The first-order chi connectivity index (χ1) is 19.4. The highest BCUT2D eigenvalue weighted by Crippen LogP contribution is 2.49. The van der Waals surface area contributed by atoms with Gasteiger partial charge in [-0.2, -0.15) is 0 Å². The van der Waals surface area contributed by atoms with Crippen molar-refractivity contribution in [2.45, 2.75) is 51.5 Å². The Morgan fingerprint density at radius 3 is 2.49 bits per heavy atom. The fraction of sp³-hybridized carbons (Fsp3) is 0.448. The predicted molar refractivity (Wildman–Crippen MR) is 155 cm³/mol. The number of ketones is 1. The van der Waals surface area contributed by atoms with Crippen LogP contribution >= 0.6 is 11.3 Å². The molecule has 41 heavy (non-hydrogen) atoms. The molecule has 1 aliphatic rings. The van der Waals surface area contributed by atoms with Gasteiger partial charge < -0.3 is 9.64 Å². The van der Waals surface area contributed by atoms with E-state index in [9.17, 15) is 22.4 Å². The number of ether oxygens (including phenoxy) is 1. The maximum atomic E-state index is 14.4. The van der Waals surface area contributed by atoms with Gasteiger partial charge in [0.2, 0.25) is 15.9 Å². The molecule has 0 radical (unpaired) electrons. The summed E-state index contributed by atoms with van der Waals surface area (Å²) in [7, 11) is 0.559. The van der Waals surface area contributed by atoms with Crippen molar-refractivity contribution in [2.24, 2.45) is 0 Å². The molecule has 2 aromatic heterocycles. The average Bonchev–Trinajstić information content (AvgIpc) is 3.66. The lowest BCUT2D eigenvalue weighted by atomic mass is 9.99. The highest BCUT2D eigenvalue weighted by molar-refractivity contribution is 7.89. The van der Waals surface area contributed by atoms with E-state index >= 15 is 0 Å². The molecule has 0 atom stereocenters. The second-order valence-electron chi connectivity index (χ2n) is 10.6. The Labute approximate surface area is 244 Å². The van der Waals surface area contributed by atoms with Crippen molar-refractivity contribution in [3.63, 3.8) is 0 Å². The molecule has 0 aliphatic heterocycles. The molecule has 3 aromatic rings. The summed E-state index contributed by atoms with van der Waals surface area (Å²) in [5.41, 5.74) is 1.56. The zero-order valence-electron chi connectivity index (χ0n) is 23.9. The summed E-state index contributed by atoms with van der Waals surface area (Å²) in [4.78, 5) is 38.1. The number of amides is 1. The summed E-state index contributed by atoms with van der Waals surface area (Å²) in [5, 5.41) is 0.529. The van der Waals surface area contributed by atoms with Crippen LogP contribution in [0.1, 0.15) is 56.5 Å². The Bertz CT molecular complexity index is 1530. The van der Waals surface area contributed by atoms with Crippen molar-refractivity contribution >= 4 is 33.1 Å². The van der Waals surface area contributed by atoms with Crippen LogP contribution < -0.4 is 4.74 Å². The second-order valence-corrected chi connectivity index (χ2v) is 14.0. The number of hydrogen-bond acceptors (Lipinski definition) is 8. The minimum absolute atomic E-state index is 0.0996. The number of benzene rings is 1. The fourth-order valence-corrected chi connectivity index (χ4v) is 6.40. The van der Waals surface area contributed by atoms with E-state index in [1.807, 2.05) is 13.0 Å². The smallest absolute Gasteiger partial charge is 0.235 e. The lowest BCUT2D eigenvalue weighted by molar-refractivity contribution is -0.134. The van der Waals surface area contributed by atoms with Crippen LogP contribution in [-0.4, -0.2) is 72.8 Å². The van der Waals surface area contributed by atoms with E-state index in [0.717, 1.165) is 9.87 Å². The van der Waals surface area contributed by atoms with Crippen LogP contribution in [0.3, 0.4) is 0 Å². The zero-order chi connectivity index (χ0) is 29.9. The van der Waals surface area contributed by atoms with Crippen LogP contribution in [0, 0.1) is 19.7 Å². The quantitative estimate of drug-likeness (QED) is 0.271. The van der Waals surface area contributed by atoms with Gasteiger partial charge in [-0.25, -0.2) is 22.1 Å². The first-order valence-corrected chi connectivity index (χ1v) is 15.7. The summed E-state index contributed by atoms with van der Waals surface area (Å²) in [6, 6.07) is 8.58. The number of thiazole rings is 1. The van der Waals surface area contributed by atoms with Crippen LogP contribution in [0.4, 0.5) is 4.39 Å². The molecule has 0 spiro atoms. The maximum Gasteiger partial charge on any atom is 0.235 e. The van der Waals surface area contributed by atoms with E-state index in [-0.39, 0.29) is 24.0 Å². The second kappa shape index (κ2) is 12.3. The number of nitrogens with zero attached hydrogens (tertiary/aromatic N) is 4. The molecule has 0 unspecified atom stereocenters. The van der Waals surface area contributed by atoms with Gasteiger partial charge in [0.25, 0.3) is 0 Å². The van der Waals surface area contributed by atoms with Crippen LogP contribution in [-0.2, 0) is 33.2 Å². The summed E-state index contributed by atoms with van der Waals surface area (Å²) in [6.45, 7) is 4.12. The predicted octanol–water partition coefficient (Wildman–Crippen LogP) is 4.07. The minimum Gasteiger partial charge on any atom is -0.495 e. The minimum atomic E-state index is -3.74. The molecule has 0 N–H and O–H groups in total. The van der Waals surface area contributed by atoms with E-state index in [2.05, 4.69) is 9.97 Å². The standard InChI is InChI=1S/C29H35FN4O5S2/c1-19-8-10-23(30)21(15-19)7-6-14-34(28(36)29(12-13-29)25-11-9-22(39-5)16-31-25)17-26-32-27(20(2)40-26)24(35)18-41(37,38)33(3)4/h8-11,15-16H,6-7,12-14,17-18H2,1-5H3. The number of aryl methyl sites for hydroxylation is 3. The highest BCUT2D eigenvalue weighted by atomic mass is 32.2. The molecular weight excluding hydrogens is 567 g/mol. The molecule has 4 rings (SSSR count). The van der Waals surface area contributed by atoms with Gasteiger partial charge in [-0.15, -0.1) is 11.3 Å². The number of pyridine rings is 1. The van der Waals surface area contributed by atoms with Gasteiger partial charge in [0.1, 0.15) is 28.0 Å². The molecule has 9 nitrogen and oxygen atoms in total. The number of carbonyl (C=O) groups is 2. The first kappa shape index (κ1) is 30.7. The SMILES string of the molecule is COc1ccc(C2(C(=O)N(CCCc3cc(C)ccc3F)Cc3nc(C(=O)CS(=O)(=O)N(C)C)c(C)s3)CC2)nc1. The molecule has 0 saturated heterocycles. The van der Waals surface area contributed by atoms with Crippen molar-refractivity contribution in [1.82, 2.24) is 19.2 Å². The third kappa shape index (κ3) is 6.99. The van der Waals surface area contributed by atoms with Crippen LogP contribution in [0.2, 0.25) is 0 Å². The number of Topliss-reactive ketones (excluding diaryl/α,β-unsaturated/α-hetero) is 1. The van der Waals surface area contributed by atoms with E-state index < -0.39 is 27.0 Å². The third-order valence-corrected chi connectivity index (χ3v) is 9.98. The van der Waals surface area contributed by atoms with Gasteiger partial charge in [-0.05, 0) is 63.3 Å². The number of carbonyl (C=O) groups excluding carboxylic acids is 2. The molecule has 1 fully saturated rings. The number of sulfonamides is 1. The van der Waals surface area contributed by atoms with Crippen LogP contribution in [0.5, 0.6) is 5.75 Å². The van der Waals surface area contributed by atoms with E-state index in [4.69, 9.17) is 4.74 Å². The van der Waals surface area contributed by atoms with E-state index in [1.165, 1.54) is 31.5 Å². The Balaban J connectivity index is 1.57. The van der Waals surface area contributed by atoms with Gasteiger partial charge in [-0.1, -0.05) is 17.7 Å². The Morgan fingerprint density at radius 2 is 1.88 bits per heavy atom. The van der Waals surface area contributed by atoms with E-state index in [1.54, 1.807) is 43.3 Å². The molecule has 0 bridgehead atoms. The third-order valence-electron chi connectivity index (χ3n) is 7.29. The lowest BCUT2D eigenvalue weighted by Crippen LogP contribution is -2.40. The first-order valence-electron chi connectivity index (χ1n) is 13.3. The molecular formula is C29H35FN4O5S2. The topological polar surface area (TPSA) is 110 Å². The number of hydrogen-bond donors (Lipinski definition) is 0. The van der Waals surface area contributed by atoms with Crippen molar-refractivity contribution in [2.75, 3.05) is 33.5 Å². The van der Waals surface area contributed by atoms with Gasteiger partial charge in [-0.3, -0.25) is 14.6 Å². The number of aromatic nitrogens is 2. The van der Waals surface area contributed by atoms with Gasteiger partial charge in [0.05, 0.1) is 31.0 Å². The van der Waals surface area contributed by atoms with Crippen molar-refractivity contribution in [3.05, 3.63) is 74.7 Å². The normalized spacial score (nSPS) is 14.2. The molecule has 2 heterocycles. The fourth-order valence-electron chi connectivity index (χ4n) is 4.70. The number of rotatable bonds is 13.